The molecule has 0 amide bonds. The largest absolute Gasteiger partial charge is 0.501 e. The summed E-state index contributed by atoms with van der Waals surface area (Å²) in [6, 6.07) is -1.09. The maximum Gasteiger partial charge on any atom is 0.320 e. The zero-order chi connectivity index (χ0) is 10.3. The van der Waals surface area contributed by atoms with Gasteiger partial charge in [-0.2, -0.15) is 0 Å². The minimum atomic E-state index is -0.963. The summed E-state index contributed by atoms with van der Waals surface area (Å²) >= 11 is 4.25. The molecule has 0 aromatic carbocycles. The molecule has 0 aliphatic heterocycles. The molecule has 2 atom stereocenters. The predicted octanol–water partition coefficient (Wildman–Crippen LogP) is -0.363. The van der Waals surface area contributed by atoms with E-state index >= 15 is 0 Å². The van der Waals surface area contributed by atoms with Crippen LogP contribution in [0, 0.1) is 0 Å². The number of nitrogens with two attached hydrogens (primary N) is 2. The fraction of sp³-hybridized carbons (Fsp3) is 0.667. The summed E-state index contributed by atoms with van der Waals surface area (Å²) in [4.78, 5) is 9.57. The van der Waals surface area contributed by atoms with Crippen molar-refractivity contribution in [3.63, 3.8) is 0 Å². The Hall–Kier alpha value is -0.720. The molecule has 0 aliphatic rings. The van der Waals surface area contributed by atoms with Gasteiger partial charge in [0, 0.05) is 0 Å². The molecule has 0 aromatic rings. The topological polar surface area (TPSA) is 110 Å². The molecule has 5 nitrogen and oxygen atoms in total. The Labute approximate surface area is 76.4 Å². The van der Waals surface area contributed by atoms with Gasteiger partial charge >= 0.3 is 5.97 Å². The van der Waals surface area contributed by atoms with Gasteiger partial charge < -0.3 is 21.7 Å². The highest BCUT2D eigenvalue weighted by molar-refractivity contribution is 7.80. The molecule has 2 unspecified atom stereocenters. The number of hydrogen-bond donors (Lipinski definition) is 4. The molecule has 0 spiro atoms. The van der Waals surface area contributed by atoms with Gasteiger partial charge in [0.25, 0.3) is 0 Å². The smallest absolute Gasteiger partial charge is 0.320 e. The van der Waals surface area contributed by atoms with Crippen molar-refractivity contribution >= 4 is 23.2 Å². The van der Waals surface area contributed by atoms with Crippen molar-refractivity contribution in [3.05, 3.63) is 0 Å². The van der Waals surface area contributed by atoms with Crippen LogP contribution in [-0.4, -0.2) is 33.3 Å². The molecule has 72 valence electrons. The fourth-order valence-corrected chi connectivity index (χ4v) is 0. The van der Waals surface area contributed by atoms with Gasteiger partial charge in [-0.3, -0.25) is 4.79 Å². The van der Waals surface area contributed by atoms with Crippen LogP contribution in [0.3, 0.4) is 0 Å². The van der Waals surface area contributed by atoms with E-state index in [1.165, 1.54) is 6.92 Å². The lowest BCUT2D eigenvalue weighted by atomic mass is 10.4. The van der Waals surface area contributed by atoms with E-state index in [9.17, 15) is 4.79 Å². The molecule has 0 saturated heterocycles. The van der Waals surface area contributed by atoms with Crippen LogP contribution in [0.15, 0.2) is 0 Å². The first kappa shape index (κ1) is 13.8. The van der Waals surface area contributed by atoms with Crippen LogP contribution in [0.1, 0.15) is 13.8 Å². The summed E-state index contributed by atoms with van der Waals surface area (Å²) in [7, 11) is 0. The Bertz CT molecular complexity index is 141. The number of hydrogen-bond acceptors (Lipinski definition) is 4. The quantitative estimate of drug-likeness (QED) is 0.447. The van der Waals surface area contributed by atoms with E-state index in [-0.39, 0.29) is 11.1 Å². The first-order valence-electron chi connectivity index (χ1n) is 3.25. The number of carboxylic acid groups (broad SMARTS) is 1. The average Bonchev–Trinajstić information content (AvgIpc) is 1.88. The second-order valence-electron chi connectivity index (χ2n) is 2.25. The fourth-order valence-electron chi connectivity index (χ4n) is 0. The van der Waals surface area contributed by atoms with Crippen molar-refractivity contribution in [3.8, 4) is 0 Å². The van der Waals surface area contributed by atoms with Crippen LogP contribution in [0.4, 0.5) is 0 Å². The second kappa shape index (κ2) is 6.96. The van der Waals surface area contributed by atoms with E-state index in [0.29, 0.717) is 0 Å². The molecule has 6 heteroatoms. The van der Waals surface area contributed by atoms with Crippen LogP contribution in [0.25, 0.3) is 0 Å². The Balaban J connectivity index is 0. The van der Waals surface area contributed by atoms with E-state index in [1.807, 2.05) is 0 Å². The number of thiocarbonyl (C=S) groups is 1. The Kier molecular flexibility index (Phi) is 8.03. The molecule has 0 bridgehead atoms. The summed E-state index contributed by atoms with van der Waals surface area (Å²) in [5.74, 6) is -0.963. The first-order chi connectivity index (χ1) is 5.29. The standard InChI is InChI=1S/C3H7NO2.C3H7NOS/c2*1-2(4)3(5)6/h2*2H,4H2,1H3,(H,5,6). The van der Waals surface area contributed by atoms with Crippen LogP contribution in [0.5, 0.6) is 0 Å². The highest BCUT2D eigenvalue weighted by Crippen LogP contribution is 1.74. The Morgan fingerprint density at radius 2 is 1.42 bits per heavy atom. The maximum absolute atomic E-state index is 9.57. The minimum absolute atomic E-state index is 0.130. The van der Waals surface area contributed by atoms with Gasteiger partial charge in [0.1, 0.15) is 6.04 Å². The Morgan fingerprint density at radius 1 is 1.25 bits per heavy atom. The lowest BCUT2D eigenvalue weighted by molar-refractivity contribution is -0.138. The van der Waals surface area contributed by atoms with Crippen LogP contribution in [-0.2, 0) is 4.79 Å². The highest BCUT2D eigenvalue weighted by atomic mass is 32.1. The molecule has 0 aromatic heterocycles. The average molecular weight is 194 g/mol. The number of carbonyl (C=O) groups is 1. The summed E-state index contributed by atoms with van der Waals surface area (Å²) in [5, 5.41) is 16.0. The molecule has 0 rings (SSSR count). The molecule has 12 heavy (non-hydrogen) atoms. The van der Waals surface area contributed by atoms with Crippen LogP contribution >= 0.6 is 12.2 Å². The molecule has 0 fully saturated rings. The zero-order valence-corrected chi connectivity index (χ0v) is 7.84. The third kappa shape index (κ3) is 12.0. The summed E-state index contributed by atoms with van der Waals surface area (Å²) < 4.78 is 0. The summed E-state index contributed by atoms with van der Waals surface area (Å²) in [6.45, 7) is 3.05. The monoisotopic (exact) mass is 194 g/mol. The number of rotatable bonds is 2. The van der Waals surface area contributed by atoms with E-state index < -0.39 is 12.0 Å². The molecule has 0 saturated carbocycles. The zero-order valence-electron chi connectivity index (χ0n) is 7.02. The third-order valence-corrected chi connectivity index (χ3v) is 1.15. The summed E-state index contributed by atoms with van der Waals surface area (Å²) in [5.41, 5.74) is 9.88. The van der Waals surface area contributed by atoms with Crippen LogP contribution < -0.4 is 11.5 Å². The van der Waals surface area contributed by atoms with E-state index in [0.717, 1.165) is 0 Å². The van der Waals surface area contributed by atoms with Gasteiger partial charge in [0.05, 0.1) is 6.04 Å². The van der Waals surface area contributed by atoms with Gasteiger partial charge in [-0.1, -0.05) is 0 Å². The molecular weight excluding hydrogens is 180 g/mol. The van der Waals surface area contributed by atoms with E-state index in [2.05, 4.69) is 12.2 Å². The third-order valence-electron chi connectivity index (χ3n) is 0.779. The van der Waals surface area contributed by atoms with Crippen molar-refractivity contribution < 1.29 is 15.0 Å². The number of aliphatic hydroxyl groups excluding tert-OH is 1. The molecule has 0 radical (unpaired) electrons. The lowest BCUT2D eigenvalue weighted by Crippen LogP contribution is -2.25. The number of aliphatic hydroxyl groups is 1. The van der Waals surface area contributed by atoms with Crippen LogP contribution in [0.2, 0.25) is 0 Å². The van der Waals surface area contributed by atoms with E-state index in [4.69, 9.17) is 21.7 Å². The van der Waals surface area contributed by atoms with Crippen molar-refractivity contribution in [2.45, 2.75) is 25.9 Å². The van der Waals surface area contributed by atoms with Gasteiger partial charge in [-0.05, 0) is 26.1 Å². The SMILES string of the molecule is CC(N)C(=O)O.CC(N)C(O)=S. The lowest BCUT2D eigenvalue weighted by Gasteiger charge is -1.94. The minimum Gasteiger partial charge on any atom is -0.501 e. The molecule has 0 heterocycles. The van der Waals surface area contributed by atoms with Gasteiger partial charge in [-0.25, -0.2) is 0 Å². The van der Waals surface area contributed by atoms with Crippen molar-refractivity contribution in [1.29, 1.82) is 0 Å². The molecular formula is C6H14N2O3S. The normalized spacial score (nSPS) is 13.7. The highest BCUT2D eigenvalue weighted by Gasteiger charge is 1.99. The van der Waals surface area contributed by atoms with Gasteiger partial charge in [-0.15, -0.1) is 0 Å². The van der Waals surface area contributed by atoms with Crippen molar-refractivity contribution in [1.82, 2.24) is 0 Å². The maximum atomic E-state index is 9.57. The number of carboxylic acids is 1. The number of aliphatic carboxylic acids is 1. The molecule has 0 aliphatic carbocycles. The summed E-state index contributed by atoms with van der Waals surface area (Å²) in [6.07, 6.45) is 0. The Morgan fingerprint density at radius 3 is 1.42 bits per heavy atom. The van der Waals surface area contributed by atoms with Crippen molar-refractivity contribution in [2.24, 2.45) is 11.5 Å². The molecule has 6 N–H and O–H groups in total. The van der Waals surface area contributed by atoms with Gasteiger partial charge in [0.2, 0.25) is 0 Å². The first-order valence-corrected chi connectivity index (χ1v) is 3.66. The van der Waals surface area contributed by atoms with Gasteiger partial charge in [0.15, 0.2) is 5.05 Å². The van der Waals surface area contributed by atoms with E-state index in [1.54, 1.807) is 6.92 Å². The second-order valence-corrected chi connectivity index (χ2v) is 2.67. The predicted molar refractivity (Wildman–Crippen MR) is 50.2 cm³/mol. The van der Waals surface area contributed by atoms with Crippen molar-refractivity contribution in [2.75, 3.05) is 0 Å².